The zero-order chi connectivity index (χ0) is 18.7. The zero-order valence-corrected chi connectivity index (χ0v) is 16.5. The summed E-state index contributed by atoms with van der Waals surface area (Å²) in [7, 11) is 0. The van der Waals surface area contributed by atoms with Gasteiger partial charge in [-0.05, 0) is 48.7 Å². The summed E-state index contributed by atoms with van der Waals surface area (Å²) in [5.41, 5.74) is 5.22. The highest BCUT2D eigenvalue weighted by Gasteiger charge is 2.31. The second-order valence-electron chi connectivity index (χ2n) is 6.17. The Morgan fingerprint density at radius 3 is 2.36 bits per heavy atom. The number of rotatable bonds is 4. The Hall–Kier alpha value is -2.03. The van der Waals surface area contributed by atoms with Crippen LogP contribution in [-0.4, -0.2) is 24.0 Å². The van der Waals surface area contributed by atoms with E-state index >= 15 is 0 Å². The highest BCUT2D eigenvalue weighted by atomic mass is 35.5. The largest absolute Gasteiger partial charge is 0.416 e. The quantitative estimate of drug-likeness (QED) is 0.750. The first-order chi connectivity index (χ1) is 12.4. The van der Waals surface area contributed by atoms with Gasteiger partial charge in [-0.3, -0.25) is 4.79 Å². The van der Waals surface area contributed by atoms with Crippen LogP contribution in [0.1, 0.15) is 34.3 Å². The molecule has 1 fully saturated rings. The van der Waals surface area contributed by atoms with Crippen molar-refractivity contribution >= 4 is 42.2 Å². The molecule has 1 saturated heterocycles. The summed E-state index contributed by atoms with van der Waals surface area (Å²) in [6.45, 7) is 1.81. The lowest BCUT2D eigenvalue weighted by atomic mass is 10.1. The van der Waals surface area contributed by atoms with Crippen molar-refractivity contribution in [2.24, 2.45) is 5.73 Å². The Morgan fingerprint density at radius 1 is 1.14 bits per heavy atom. The van der Waals surface area contributed by atoms with Crippen LogP contribution >= 0.6 is 24.8 Å². The molecule has 2 heterocycles. The summed E-state index contributed by atoms with van der Waals surface area (Å²) < 4.78 is 38.9. The number of hydrogen-bond acceptors (Lipinski definition) is 4. The molecule has 1 aromatic heterocycles. The number of anilines is 2. The summed E-state index contributed by atoms with van der Waals surface area (Å²) in [6.07, 6.45) is -0.851. The van der Waals surface area contributed by atoms with Crippen LogP contribution in [-0.2, 0) is 12.7 Å². The van der Waals surface area contributed by atoms with E-state index in [2.05, 4.69) is 15.2 Å². The van der Waals surface area contributed by atoms with Crippen LogP contribution in [0.5, 0.6) is 0 Å². The Kier molecular flexibility index (Phi) is 8.53. The van der Waals surface area contributed by atoms with E-state index in [4.69, 9.17) is 5.73 Å². The summed E-state index contributed by atoms with van der Waals surface area (Å²) in [5, 5.41) is 2.49. The molecule has 0 unspecified atom stereocenters. The maximum Gasteiger partial charge on any atom is 0.416 e. The number of amides is 1. The normalized spacial score (nSPS) is 13.5. The van der Waals surface area contributed by atoms with Crippen LogP contribution in [0.15, 0.2) is 36.5 Å². The Balaban J connectivity index is 0.00000196. The Morgan fingerprint density at radius 2 is 1.82 bits per heavy atom. The van der Waals surface area contributed by atoms with Crippen LogP contribution < -0.4 is 16.0 Å². The van der Waals surface area contributed by atoms with Crippen LogP contribution in [0.25, 0.3) is 0 Å². The van der Waals surface area contributed by atoms with E-state index in [9.17, 15) is 18.0 Å². The van der Waals surface area contributed by atoms with E-state index in [-0.39, 0.29) is 48.2 Å². The van der Waals surface area contributed by atoms with Gasteiger partial charge < -0.3 is 16.0 Å². The first-order valence-corrected chi connectivity index (χ1v) is 8.30. The van der Waals surface area contributed by atoms with E-state index in [1.54, 1.807) is 12.1 Å². The molecule has 0 radical (unpaired) electrons. The first-order valence-electron chi connectivity index (χ1n) is 8.30. The number of hydrogen-bond donors (Lipinski definition) is 2. The number of pyridine rings is 1. The molecule has 10 heteroatoms. The standard InChI is InChI=1S/C18H19F3N4O.2ClH/c19-18(20,21)14-7-12(10-22)8-15(9-14)24-17(26)13-3-4-16(23-11-13)25-5-1-2-6-25;;/h3-4,7-9,11H,1-2,5-6,10,22H2,(H,24,26);2*1H. The number of aromatic nitrogens is 1. The predicted molar refractivity (Wildman–Crippen MR) is 107 cm³/mol. The average Bonchev–Trinajstić information content (AvgIpc) is 3.15. The number of carbonyl (C=O) groups excluding carboxylic acids is 1. The molecule has 1 aromatic carbocycles. The molecule has 1 aliphatic rings. The minimum Gasteiger partial charge on any atom is -0.357 e. The molecule has 0 bridgehead atoms. The number of benzene rings is 1. The smallest absolute Gasteiger partial charge is 0.357 e. The van der Waals surface area contributed by atoms with E-state index in [0.717, 1.165) is 43.9 Å². The van der Waals surface area contributed by atoms with Crippen molar-refractivity contribution in [3.8, 4) is 0 Å². The molecule has 0 spiro atoms. The molecule has 3 N–H and O–H groups in total. The van der Waals surface area contributed by atoms with Gasteiger partial charge in [-0.15, -0.1) is 24.8 Å². The minimum atomic E-state index is -4.51. The molecule has 0 aliphatic carbocycles. The van der Waals surface area contributed by atoms with Crippen molar-refractivity contribution < 1.29 is 18.0 Å². The number of halogens is 5. The van der Waals surface area contributed by atoms with Crippen LogP contribution in [0.3, 0.4) is 0 Å². The maximum atomic E-state index is 13.0. The Bertz CT molecular complexity index is 794. The number of nitrogens with zero attached hydrogens (tertiary/aromatic N) is 2. The summed E-state index contributed by atoms with van der Waals surface area (Å²) >= 11 is 0. The van der Waals surface area contributed by atoms with Gasteiger partial charge in [0.2, 0.25) is 0 Å². The van der Waals surface area contributed by atoms with Crippen molar-refractivity contribution in [3.63, 3.8) is 0 Å². The van der Waals surface area contributed by atoms with Crippen molar-refractivity contribution in [1.29, 1.82) is 0 Å². The van der Waals surface area contributed by atoms with Crippen LogP contribution in [0.2, 0.25) is 0 Å². The first kappa shape index (κ1) is 24.0. The number of nitrogens with one attached hydrogen (secondary N) is 1. The molecule has 0 saturated carbocycles. The SMILES string of the molecule is Cl.Cl.NCc1cc(NC(=O)c2ccc(N3CCCC3)nc2)cc(C(F)(F)F)c1. The maximum absolute atomic E-state index is 13.0. The second-order valence-corrected chi connectivity index (χ2v) is 6.17. The number of carbonyl (C=O) groups is 1. The second kappa shape index (κ2) is 9.95. The highest BCUT2D eigenvalue weighted by Crippen LogP contribution is 2.32. The van der Waals surface area contributed by atoms with E-state index in [1.165, 1.54) is 12.3 Å². The van der Waals surface area contributed by atoms with Gasteiger partial charge in [0, 0.05) is 31.5 Å². The van der Waals surface area contributed by atoms with Gasteiger partial charge in [-0.1, -0.05) is 0 Å². The predicted octanol–water partition coefficient (Wildman–Crippen LogP) is 4.26. The molecule has 1 amide bonds. The third-order valence-electron chi connectivity index (χ3n) is 4.25. The molecular weight excluding hydrogens is 416 g/mol. The van der Waals surface area contributed by atoms with Crippen LogP contribution in [0, 0.1) is 0 Å². The molecule has 28 heavy (non-hydrogen) atoms. The molecule has 5 nitrogen and oxygen atoms in total. The van der Waals surface area contributed by atoms with Gasteiger partial charge in [0.25, 0.3) is 5.91 Å². The number of nitrogens with two attached hydrogens (primary N) is 1. The summed E-state index contributed by atoms with van der Waals surface area (Å²) in [5.74, 6) is 0.274. The lowest BCUT2D eigenvalue weighted by Gasteiger charge is -2.16. The summed E-state index contributed by atoms with van der Waals surface area (Å²) in [4.78, 5) is 18.7. The van der Waals surface area contributed by atoms with Gasteiger partial charge in [0.15, 0.2) is 0 Å². The molecule has 1 aliphatic heterocycles. The van der Waals surface area contributed by atoms with Gasteiger partial charge in [-0.2, -0.15) is 13.2 Å². The fourth-order valence-corrected chi connectivity index (χ4v) is 2.90. The van der Waals surface area contributed by atoms with Crippen LogP contribution in [0.4, 0.5) is 24.7 Å². The molecule has 154 valence electrons. The fraction of sp³-hybridized carbons (Fsp3) is 0.333. The lowest BCUT2D eigenvalue weighted by molar-refractivity contribution is -0.137. The molecule has 0 atom stereocenters. The van der Waals surface area contributed by atoms with Crippen molar-refractivity contribution in [1.82, 2.24) is 4.98 Å². The summed E-state index contributed by atoms with van der Waals surface area (Å²) in [6, 6.07) is 6.66. The molecule has 3 rings (SSSR count). The molecule has 2 aromatic rings. The average molecular weight is 437 g/mol. The third-order valence-corrected chi connectivity index (χ3v) is 4.25. The highest BCUT2D eigenvalue weighted by molar-refractivity contribution is 6.04. The van der Waals surface area contributed by atoms with E-state index in [0.29, 0.717) is 0 Å². The number of alkyl halides is 3. The zero-order valence-electron chi connectivity index (χ0n) is 14.8. The van der Waals surface area contributed by atoms with Gasteiger partial charge in [0.05, 0.1) is 11.1 Å². The van der Waals surface area contributed by atoms with Gasteiger partial charge in [0.1, 0.15) is 5.82 Å². The van der Waals surface area contributed by atoms with Gasteiger partial charge in [-0.25, -0.2) is 4.98 Å². The van der Waals surface area contributed by atoms with Gasteiger partial charge >= 0.3 is 6.18 Å². The minimum absolute atomic E-state index is 0. The third kappa shape index (κ3) is 5.73. The lowest BCUT2D eigenvalue weighted by Crippen LogP contribution is -2.19. The van der Waals surface area contributed by atoms with E-state index in [1.807, 2.05) is 0 Å². The topological polar surface area (TPSA) is 71.2 Å². The van der Waals surface area contributed by atoms with Crippen molar-refractivity contribution in [2.45, 2.75) is 25.6 Å². The van der Waals surface area contributed by atoms with E-state index < -0.39 is 17.6 Å². The monoisotopic (exact) mass is 436 g/mol. The van der Waals surface area contributed by atoms with Crippen molar-refractivity contribution in [2.75, 3.05) is 23.3 Å². The Labute approximate surface area is 173 Å². The fourth-order valence-electron chi connectivity index (χ4n) is 2.90. The van der Waals surface area contributed by atoms with Crippen molar-refractivity contribution in [3.05, 3.63) is 53.2 Å². The molecular formula is C18H21Cl2F3N4O.